The zero-order valence-corrected chi connectivity index (χ0v) is 10.1. The molecule has 0 unspecified atom stereocenters. The molecule has 0 atom stereocenters. The minimum atomic E-state index is -2.11. The summed E-state index contributed by atoms with van der Waals surface area (Å²) in [6.45, 7) is 3.38. The molecule has 1 N–H and O–H groups in total. The Kier molecular flexibility index (Phi) is 3.83. The molecule has 0 saturated heterocycles. The molecule has 0 aliphatic heterocycles. The Labute approximate surface area is 97.0 Å². The predicted octanol–water partition coefficient (Wildman–Crippen LogP) is 3.59. The molecule has 3 heteroatoms. The molecule has 0 spiro atoms. The first-order chi connectivity index (χ1) is 7.59. The fourth-order valence-corrected chi connectivity index (χ4v) is 3.09. The summed E-state index contributed by atoms with van der Waals surface area (Å²) in [7, 11) is 0. The van der Waals surface area contributed by atoms with Crippen molar-refractivity contribution in [3.63, 3.8) is 0 Å². The molecule has 16 heavy (non-hydrogen) atoms. The van der Waals surface area contributed by atoms with Gasteiger partial charge in [-0.25, -0.2) is 8.78 Å². The lowest BCUT2D eigenvalue weighted by Gasteiger charge is -2.36. The lowest BCUT2D eigenvalue weighted by Crippen LogP contribution is -2.44. The summed E-state index contributed by atoms with van der Waals surface area (Å²) in [5.41, 5.74) is 0.527. The van der Waals surface area contributed by atoms with Crippen LogP contribution in [0.3, 0.4) is 0 Å². The maximum Gasteiger partial charge on any atom is 0.241 e. The first kappa shape index (κ1) is 12.3. The molecular formula is C13H23F2N. The van der Waals surface area contributed by atoms with E-state index in [1.807, 2.05) is 0 Å². The van der Waals surface area contributed by atoms with Crippen LogP contribution in [0.2, 0.25) is 0 Å². The van der Waals surface area contributed by atoms with Gasteiger partial charge in [-0.05, 0) is 44.1 Å². The van der Waals surface area contributed by atoms with Crippen LogP contribution in [0.25, 0.3) is 0 Å². The Morgan fingerprint density at radius 1 is 1.25 bits per heavy atom. The molecule has 1 nitrogen and oxygen atoms in total. The quantitative estimate of drug-likeness (QED) is 0.762. The van der Waals surface area contributed by atoms with Gasteiger partial charge in [0.15, 0.2) is 0 Å². The van der Waals surface area contributed by atoms with E-state index in [9.17, 15) is 8.78 Å². The standard InChI is InChI=1S/C13H23F2N/c1-13(4-2-3-5-13)6-7-16-11-8-10(9-11)12(14)15/h10-12,16H,2-9H2,1H3. The summed E-state index contributed by atoms with van der Waals surface area (Å²) < 4.78 is 24.5. The first-order valence-electron chi connectivity index (χ1n) is 6.61. The van der Waals surface area contributed by atoms with Crippen LogP contribution in [-0.4, -0.2) is 19.0 Å². The summed E-state index contributed by atoms with van der Waals surface area (Å²) in [6, 6.07) is 0.365. The average molecular weight is 231 g/mol. The Morgan fingerprint density at radius 2 is 1.88 bits per heavy atom. The number of halogens is 2. The van der Waals surface area contributed by atoms with Crippen LogP contribution in [-0.2, 0) is 0 Å². The number of nitrogens with one attached hydrogen (secondary N) is 1. The molecule has 0 heterocycles. The van der Waals surface area contributed by atoms with Crippen molar-refractivity contribution in [2.45, 2.75) is 64.3 Å². The third-order valence-corrected chi connectivity index (χ3v) is 4.50. The van der Waals surface area contributed by atoms with E-state index < -0.39 is 6.43 Å². The van der Waals surface area contributed by atoms with Crippen LogP contribution in [0.4, 0.5) is 8.78 Å². The molecule has 0 bridgehead atoms. The SMILES string of the molecule is CC1(CCNC2CC(C(F)F)C2)CCCC1. The second-order valence-corrected chi connectivity index (χ2v) is 5.98. The summed E-state index contributed by atoms with van der Waals surface area (Å²) in [4.78, 5) is 0. The van der Waals surface area contributed by atoms with Crippen molar-refractivity contribution < 1.29 is 8.78 Å². The van der Waals surface area contributed by atoms with Crippen LogP contribution in [0.15, 0.2) is 0 Å². The van der Waals surface area contributed by atoms with E-state index >= 15 is 0 Å². The second-order valence-electron chi connectivity index (χ2n) is 5.98. The summed E-state index contributed by atoms with van der Waals surface area (Å²) in [5, 5.41) is 3.42. The average Bonchev–Trinajstić information content (AvgIpc) is 2.56. The van der Waals surface area contributed by atoms with Crippen LogP contribution in [0, 0.1) is 11.3 Å². The molecule has 2 aliphatic carbocycles. The van der Waals surface area contributed by atoms with E-state index in [-0.39, 0.29) is 5.92 Å². The van der Waals surface area contributed by atoms with Gasteiger partial charge in [-0.3, -0.25) is 0 Å². The highest BCUT2D eigenvalue weighted by atomic mass is 19.3. The first-order valence-corrected chi connectivity index (χ1v) is 6.61. The van der Waals surface area contributed by atoms with Crippen molar-refractivity contribution in [3.8, 4) is 0 Å². The van der Waals surface area contributed by atoms with Crippen LogP contribution >= 0.6 is 0 Å². The fourth-order valence-electron chi connectivity index (χ4n) is 3.09. The van der Waals surface area contributed by atoms with Gasteiger partial charge in [-0.1, -0.05) is 19.8 Å². The molecule has 0 aromatic rings. The van der Waals surface area contributed by atoms with Crippen LogP contribution in [0.5, 0.6) is 0 Å². The van der Waals surface area contributed by atoms with Gasteiger partial charge in [-0.15, -0.1) is 0 Å². The molecule has 0 radical (unpaired) electrons. The van der Waals surface area contributed by atoms with E-state index in [0.717, 1.165) is 6.54 Å². The van der Waals surface area contributed by atoms with E-state index in [0.29, 0.717) is 24.3 Å². The van der Waals surface area contributed by atoms with Crippen LogP contribution < -0.4 is 5.32 Å². The van der Waals surface area contributed by atoms with E-state index in [1.165, 1.54) is 32.1 Å². The predicted molar refractivity (Wildman–Crippen MR) is 61.7 cm³/mol. The minimum Gasteiger partial charge on any atom is -0.314 e. The summed E-state index contributed by atoms with van der Waals surface area (Å²) in [6.07, 6.45) is 5.88. The molecule has 2 aliphatic rings. The van der Waals surface area contributed by atoms with Gasteiger partial charge in [0.05, 0.1) is 0 Å². The minimum absolute atomic E-state index is 0.334. The fraction of sp³-hybridized carbons (Fsp3) is 1.00. The highest BCUT2D eigenvalue weighted by Crippen LogP contribution is 2.40. The third kappa shape index (κ3) is 2.93. The van der Waals surface area contributed by atoms with Crippen molar-refractivity contribution in [2.75, 3.05) is 6.54 Å². The molecular weight excluding hydrogens is 208 g/mol. The van der Waals surface area contributed by atoms with Gasteiger partial charge in [0.2, 0.25) is 6.43 Å². The molecule has 2 saturated carbocycles. The van der Waals surface area contributed by atoms with Crippen molar-refractivity contribution in [1.82, 2.24) is 5.32 Å². The van der Waals surface area contributed by atoms with Crippen LogP contribution in [0.1, 0.15) is 51.9 Å². The number of hydrogen-bond donors (Lipinski definition) is 1. The van der Waals surface area contributed by atoms with Crippen molar-refractivity contribution in [3.05, 3.63) is 0 Å². The van der Waals surface area contributed by atoms with Gasteiger partial charge >= 0.3 is 0 Å². The van der Waals surface area contributed by atoms with Gasteiger partial charge < -0.3 is 5.32 Å². The number of hydrogen-bond acceptors (Lipinski definition) is 1. The normalized spacial score (nSPS) is 33.0. The highest BCUT2D eigenvalue weighted by molar-refractivity contribution is 4.87. The van der Waals surface area contributed by atoms with Gasteiger partial charge in [-0.2, -0.15) is 0 Å². The zero-order valence-electron chi connectivity index (χ0n) is 10.1. The maximum absolute atomic E-state index is 12.3. The molecule has 0 amide bonds. The summed E-state index contributed by atoms with van der Waals surface area (Å²) >= 11 is 0. The third-order valence-electron chi connectivity index (χ3n) is 4.50. The Hall–Kier alpha value is -0.180. The molecule has 2 fully saturated rings. The number of rotatable bonds is 5. The van der Waals surface area contributed by atoms with Crippen molar-refractivity contribution >= 4 is 0 Å². The van der Waals surface area contributed by atoms with E-state index in [4.69, 9.17) is 0 Å². The lowest BCUT2D eigenvalue weighted by molar-refractivity contribution is 0.0154. The van der Waals surface area contributed by atoms with Gasteiger partial charge in [0.1, 0.15) is 0 Å². The zero-order chi connectivity index (χ0) is 11.6. The highest BCUT2D eigenvalue weighted by Gasteiger charge is 2.35. The monoisotopic (exact) mass is 231 g/mol. The Balaban J connectivity index is 1.56. The van der Waals surface area contributed by atoms with Gasteiger partial charge in [0, 0.05) is 12.0 Å². The van der Waals surface area contributed by atoms with E-state index in [2.05, 4.69) is 12.2 Å². The maximum atomic E-state index is 12.3. The molecule has 0 aromatic carbocycles. The smallest absolute Gasteiger partial charge is 0.241 e. The summed E-state index contributed by atoms with van der Waals surface area (Å²) in [5.74, 6) is -0.334. The lowest BCUT2D eigenvalue weighted by atomic mass is 9.80. The van der Waals surface area contributed by atoms with E-state index in [1.54, 1.807) is 0 Å². The Bertz CT molecular complexity index is 218. The molecule has 2 rings (SSSR count). The molecule has 0 aromatic heterocycles. The van der Waals surface area contributed by atoms with Crippen molar-refractivity contribution in [1.29, 1.82) is 0 Å². The largest absolute Gasteiger partial charge is 0.314 e. The second kappa shape index (κ2) is 4.99. The Morgan fingerprint density at radius 3 is 2.44 bits per heavy atom. The molecule has 94 valence electrons. The van der Waals surface area contributed by atoms with Crippen molar-refractivity contribution in [2.24, 2.45) is 11.3 Å². The number of alkyl halides is 2. The topological polar surface area (TPSA) is 12.0 Å². The van der Waals surface area contributed by atoms with Gasteiger partial charge in [0.25, 0.3) is 0 Å².